The summed E-state index contributed by atoms with van der Waals surface area (Å²) in [4.78, 5) is 38.3. The van der Waals surface area contributed by atoms with Crippen LogP contribution in [0.3, 0.4) is 0 Å². The maximum absolute atomic E-state index is 12.9. The van der Waals surface area contributed by atoms with E-state index >= 15 is 0 Å². The van der Waals surface area contributed by atoms with E-state index < -0.39 is 6.10 Å². The Morgan fingerprint density at radius 2 is 0.493 bits per heavy atom. The van der Waals surface area contributed by atoms with E-state index in [0.717, 1.165) is 77.0 Å². The van der Waals surface area contributed by atoms with Gasteiger partial charge < -0.3 is 14.2 Å². The van der Waals surface area contributed by atoms with Gasteiger partial charge in [0.05, 0.1) is 0 Å². The topological polar surface area (TPSA) is 78.9 Å². The molecule has 0 fully saturated rings. The zero-order valence-corrected chi connectivity index (χ0v) is 49.2. The molecule has 0 aliphatic heterocycles. The molecule has 1 unspecified atom stereocenters. The second-order valence-corrected chi connectivity index (χ2v) is 22.0. The standard InChI is InChI=1S/C67H124O6/c1-4-7-10-13-16-19-22-25-27-29-31-33-34-35-37-38-40-42-45-48-51-54-57-60-66(69)72-63-64(62-71-65(68)59-56-53-50-47-44-24-21-18-15-12-9-6-3)73-67(70)61-58-55-52-49-46-43-41-39-36-32-30-28-26-23-20-17-14-11-8-5-2/h22,25,29,31,34-35,64H,4-21,23-24,26-28,30,32-33,36-63H2,1-3H3/b25-22-,31-29-,35-34-. The number of ether oxygens (including phenoxy) is 3. The molecule has 0 aliphatic carbocycles. The molecule has 0 aromatic heterocycles. The average molecular weight is 1030 g/mol. The Labute approximate surface area is 455 Å². The first-order chi connectivity index (χ1) is 36.0. The molecule has 0 aliphatic rings. The monoisotopic (exact) mass is 1020 g/mol. The molecule has 0 amide bonds. The normalized spacial score (nSPS) is 12.2. The molecule has 6 heteroatoms. The second-order valence-electron chi connectivity index (χ2n) is 22.0. The highest BCUT2D eigenvalue weighted by Gasteiger charge is 2.19. The average Bonchev–Trinajstić information content (AvgIpc) is 3.39. The van der Waals surface area contributed by atoms with Crippen LogP contribution in [-0.4, -0.2) is 37.2 Å². The first-order valence-electron chi connectivity index (χ1n) is 32.5. The third kappa shape index (κ3) is 60.4. The van der Waals surface area contributed by atoms with Crippen LogP contribution in [0.15, 0.2) is 36.5 Å². The van der Waals surface area contributed by atoms with Crippen LogP contribution in [0.25, 0.3) is 0 Å². The minimum Gasteiger partial charge on any atom is -0.462 e. The van der Waals surface area contributed by atoms with E-state index in [9.17, 15) is 14.4 Å². The van der Waals surface area contributed by atoms with Gasteiger partial charge in [0.15, 0.2) is 6.10 Å². The van der Waals surface area contributed by atoms with Gasteiger partial charge in [-0.2, -0.15) is 0 Å². The van der Waals surface area contributed by atoms with Crippen molar-refractivity contribution in [3.63, 3.8) is 0 Å². The Morgan fingerprint density at radius 1 is 0.274 bits per heavy atom. The third-order valence-corrected chi connectivity index (χ3v) is 14.6. The molecule has 0 rings (SSSR count). The molecule has 73 heavy (non-hydrogen) atoms. The zero-order chi connectivity index (χ0) is 52.9. The van der Waals surface area contributed by atoms with E-state index in [4.69, 9.17) is 14.2 Å². The molecule has 6 nitrogen and oxygen atoms in total. The van der Waals surface area contributed by atoms with Crippen molar-refractivity contribution in [2.24, 2.45) is 0 Å². The Kier molecular flexibility index (Phi) is 60.2. The van der Waals surface area contributed by atoms with Gasteiger partial charge >= 0.3 is 17.9 Å². The van der Waals surface area contributed by atoms with Crippen molar-refractivity contribution in [3.05, 3.63) is 36.5 Å². The van der Waals surface area contributed by atoms with Crippen molar-refractivity contribution in [2.75, 3.05) is 13.2 Å². The van der Waals surface area contributed by atoms with Gasteiger partial charge in [-0.3, -0.25) is 14.4 Å². The van der Waals surface area contributed by atoms with E-state index in [-0.39, 0.29) is 31.1 Å². The van der Waals surface area contributed by atoms with Crippen LogP contribution in [0.2, 0.25) is 0 Å². The molecule has 0 saturated carbocycles. The van der Waals surface area contributed by atoms with E-state index in [0.29, 0.717) is 19.3 Å². The highest BCUT2D eigenvalue weighted by molar-refractivity contribution is 5.71. The van der Waals surface area contributed by atoms with Crippen molar-refractivity contribution in [1.29, 1.82) is 0 Å². The van der Waals surface area contributed by atoms with Crippen LogP contribution in [0, 0.1) is 0 Å². The van der Waals surface area contributed by atoms with Gasteiger partial charge in [0.25, 0.3) is 0 Å². The molecular formula is C67H124O6. The van der Waals surface area contributed by atoms with Crippen LogP contribution in [-0.2, 0) is 28.6 Å². The fourth-order valence-electron chi connectivity index (χ4n) is 9.75. The zero-order valence-electron chi connectivity index (χ0n) is 49.2. The molecule has 0 heterocycles. The van der Waals surface area contributed by atoms with E-state index in [1.807, 2.05) is 0 Å². The van der Waals surface area contributed by atoms with Crippen molar-refractivity contribution in [3.8, 4) is 0 Å². The lowest BCUT2D eigenvalue weighted by Gasteiger charge is -2.18. The Balaban J connectivity index is 4.27. The smallest absolute Gasteiger partial charge is 0.306 e. The number of hydrogen-bond acceptors (Lipinski definition) is 6. The number of rotatable bonds is 60. The van der Waals surface area contributed by atoms with Gasteiger partial charge in [0, 0.05) is 19.3 Å². The predicted octanol–water partition coefficient (Wildman–Crippen LogP) is 22.0. The number of esters is 3. The van der Waals surface area contributed by atoms with Gasteiger partial charge in [0.1, 0.15) is 13.2 Å². The molecule has 428 valence electrons. The highest BCUT2D eigenvalue weighted by atomic mass is 16.6. The number of unbranched alkanes of at least 4 members (excludes halogenated alkanes) is 43. The highest BCUT2D eigenvalue weighted by Crippen LogP contribution is 2.18. The first kappa shape index (κ1) is 70.6. The van der Waals surface area contributed by atoms with Crippen LogP contribution in [0.4, 0.5) is 0 Å². The van der Waals surface area contributed by atoms with Crippen molar-refractivity contribution < 1.29 is 28.6 Å². The summed E-state index contributed by atoms with van der Waals surface area (Å²) in [5.41, 5.74) is 0. The number of allylic oxidation sites excluding steroid dienone is 6. The maximum atomic E-state index is 12.9. The summed E-state index contributed by atoms with van der Waals surface area (Å²) in [6, 6.07) is 0. The minimum absolute atomic E-state index is 0.0690. The van der Waals surface area contributed by atoms with Crippen LogP contribution in [0.5, 0.6) is 0 Å². The summed E-state index contributed by atoms with van der Waals surface area (Å²) in [6.07, 6.45) is 75.8. The summed E-state index contributed by atoms with van der Waals surface area (Å²) in [5, 5.41) is 0. The second kappa shape index (κ2) is 62.2. The van der Waals surface area contributed by atoms with E-state index in [2.05, 4.69) is 57.2 Å². The van der Waals surface area contributed by atoms with Gasteiger partial charge in [-0.1, -0.05) is 314 Å². The predicted molar refractivity (Wildman–Crippen MR) is 316 cm³/mol. The lowest BCUT2D eigenvalue weighted by Crippen LogP contribution is -2.30. The molecule has 0 spiro atoms. The fourth-order valence-corrected chi connectivity index (χ4v) is 9.75. The Bertz CT molecular complexity index is 1220. The molecular weight excluding hydrogens is 901 g/mol. The quantitative estimate of drug-likeness (QED) is 0.0261. The molecule has 0 saturated heterocycles. The molecule has 1 atom stereocenters. The lowest BCUT2D eigenvalue weighted by atomic mass is 10.0. The van der Waals surface area contributed by atoms with Gasteiger partial charge in [0.2, 0.25) is 0 Å². The summed E-state index contributed by atoms with van der Waals surface area (Å²) >= 11 is 0. The summed E-state index contributed by atoms with van der Waals surface area (Å²) in [6.45, 7) is 6.68. The van der Waals surface area contributed by atoms with Crippen molar-refractivity contribution in [1.82, 2.24) is 0 Å². The summed E-state index contributed by atoms with van der Waals surface area (Å²) in [7, 11) is 0. The van der Waals surface area contributed by atoms with E-state index in [1.165, 1.54) is 238 Å². The molecule has 0 N–H and O–H groups in total. The largest absolute Gasteiger partial charge is 0.462 e. The maximum Gasteiger partial charge on any atom is 0.306 e. The van der Waals surface area contributed by atoms with Crippen LogP contribution in [0.1, 0.15) is 355 Å². The number of carbonyl (C=O) groups excluding carboxylic acids is 3. The fraction of sp³-hybridized carbons (Fsp3) is 0.866. The van der Waals surface area contributed by atoms with Crippen molar-refractivity contribution in [2.45, 2.75) is 361 Å². The van der Waals surface area contributed by atoms with Crippen LogP contribution >= 0.6 is 0 Å². The lowest BCUT2D eigenvalue weighted by molar-refractivity contribution is -0.167. The molecule has 0 aromatic rings. The summed E-state index contributed by atoms with van der Waals surface area (Å²) < 4.78 is 16.9. The molecule has 0 bridgehead atoms. The van der Waals surface area contributed by atoms with Crippen molar-refractivity contribution >= 4 is 17.9 Å². The number of hydrogen-bond donors (Lipinski definition) is 0. The SMILES string of the molecule is CCCCCCC/C=C\C/C=C\C/C=C\CCCCCCCCCCC(=O)OCC(COC(=O)CCCCCCCCCCCCCC)OC(=O)CCCCCCCCCCCCCCCCCCCCCC. The first-order valence-corrected chi connectivity index (χ1v) is 32.5. The van der Waals surface area contributed by atoms with Gasteiger partial charge in [-0.25, -0.2) is 0 Å². The molecule has 0 aromatic carbocycles. The summed E-state index contributed by atoms with van der Waals surface area (Å²) in [5.74, 6) is -0.852. The number of carbonyl (C=O) groups is 3. The van der Waals surface area contributed by atoms with Gasteiger partial charge in [-0.15, -0.1) is 0 Å². The van der Waals surface area contributed by atoms with E-state index in [1.54, 1.807) is 0 Å². The Hall–Kier alpha value is -2.37. The minimum atomic E-state index is -0.771. The Morgan fingerprint density at radius 3 is 0.767 bits per heavy atom. The van der Waals surface area contributed by atoms with Gasteiger partial charge in [-0.05, 0) is 57.8 Å². The molecule has 0 radical (unpaired) electrons. The third-order valence-electron chi connectivity index (χ3n) is 14.6. The van der Waals surface area contributed by atoms with Crippen LogP contribution < -0.4 is 0 Å².